The molecule has 1 aromatic carbocycles. The summed E-state index contributed by atoms with van der Waals surface area (Å²) in [5, 5.41) is 0. The molecule has 0 aliphatic rings. The molecular weight excluding hydrogens is 220 g/mol. The molecule has 1 rings (SSSR count). The molecule has 102 valence electrons. The Bertz CT molecular complexity index is 343. The van der Waals surface area contributed by atoms with Gasteiger partial charge >= 0.3 is 0 Å². The second kappa shape index (κ2) is 7.45. The minimum atomic E-state index is 0.843. The zero-order chi connectivity index (χ0) is 13.5. The lowest BCUT2D eigenvalue weighted by molar-refractivity contribution is 0.408. The molecule has 0 aliphatic carbocycles. The van der Waals surface area contributed by atoms with Gasteiger partial charge in [0.05, 0.1) is 7.11 Å². The summed E-state index contributed by atoms with van der Waals surface area (Å²) in [6, 6.07) is 4.54. The van der Waals surface area contributed by atoms with E-state index < -0.39 is 0 Å². The maximum Gasteiger partial charge on any atom is 0.124 e. The van der Waals surface area contributed by atoms with Gasteiger partial charge in [-0.2, -0.15) is 0 Å². The van der Waals surface area contributed by atoms with Gasteiger partial charge in [0, 0.05) is 0 Å². The topological polar surface area (TPSA) is 9.23 Å². The van der Waals surface area contributed by atoms with Crippen molar-refractivity contribution in [2.45, 2.75) is 59.8 Å². The number of methoxy groups -OCH3 is 1. The van der Waals surface area contributed by atoms with Crippen LogP contribution in [0.25, 0.3) is 0 Å². The summed E-state index contributed by atoms with van der Waals surface area (Å²) in [7, 11) is 1.75. The lowest BCUT2D eigenvalue weighted by atomic mass is 9.99. The predicted octanol–water partition coefficient (Wildman–Crippen LogP) is 5.07. The van der Waals surface area contributed by atoms with Crippen LogP contribution in [0.5, 0.6) is 5.75 Å². The van der Waals surface area contributed by atoms with E-state index in [1.807, 2.05) is 0 Å². The molecule has 1 aromatic rings. The Labute approximate surface area is 113 Å². The highest BCUT2D eigenvalue weighted by atomic mass is 16.5. The van der Waals surface area contributed by atoms with Gasteiger partial charge in [-0.05, 0) is 49.3 Å². The van der Waals surface area contributed by atoms with E-state index in [-0.39, 0.29) is 0 Å². The molecule has 0 radical (unpaired) electrons. The van der Waals surface area contributed by atoms with E-state index in [0.717, 1.165) is 11.7 Å². The van der Waals surface area contributed by atoms with E-state index >= 15 is 0 Å². The summed E-state index contributed by atoms with van der Waals surface area (Å²) in [4.78, 5) is 0. The van der Waals surface area contributed by atoms with Gasteiger partial charge in [0.1, 0.15) is 5.75 Å². The second-order valence-corrected chi connectivity index (χ2v) is 5.76. The molecule has 0 bridgehead atoms. The van der Waals surface area contributed by atoms with Crippen molar-refractivity contribution in [2.24, 2.45) is 5.92 Å². The van der Waals surface area contributed by atoms with Gasteiger partial charge in [-0.25, -0.2) is 0 Å². The molecule has 0 saturated heterocycles. The highest BCUT2D eigenvalue weighted by Crippen LogP contribution is 2.25. The molecule has 18 heavy (non-hydrogen) atoms. The standard InChI is InChI=1S/C17H28O/c1-13(2)9-7-6-8-10-16-11-14(3)17(18-5)15(4)12-16/h11-13H,6-10H2,1-5H3. The third-order valence-corrected chi connectivity index (χ3v) is 3.47. The predicted molar refractivity (Wildman–Crippen MR) is 79.5 cm³/mol. The van der Waals surface area contributed by atoms with Crippen LogP contribution in [0, 0.1) is 19.8 Å². The fourth-order valence-corrected chi connectivity index (χ4v) is 2.56. The first-order chi connectivity index (χ1) is 8.54. The monoisotopic (exact) mass is 248 g/mol. The molecule has 0 heterocycles. The van der Waals surface area contributed by atoms with Crippen molar-refractivity contribution in [3.05, 3.63) is 28.8 Å². The zero-order valence-corrected chi connectivity index (χ0v) is 12.7. The highest BCUT2D eigenvalue weighted by molar-refractivity contribution is 5.43. The van der Waals surface area contributed by atoms with Crippen LogP contribution in [0.2, 0.25) is 0 Å². The molecule has 0 saturated carbocycles. The molecule has 0 atom stereocenters. The van der Waals surface area contributed by atoms with Crippen LogP contribution < -0.4 is 4.74 Å². The summed E-state index contributed by atoms with van der Waals surface area (Å²) in [5.74, 6) is 1.88. The third kappa shape index (κ3) is 4.72. The lowest BCUT2D eigenvalue weighted by Crippen LogP contribution is -1.95. The molecule has 1 heteroatoms. The Kier molecular flexibility index (Phi) is 6.24. The average Bonchev–Trinajstić information content (AvgIpc) is 2.27. The van der Waals surface area contributed by atoms with Crippen molar-refractivity contribution < 1.29 is 4.74 Å². The normalized spacial score (nSPS) is 11.0. The minimum Gasteiger partial charge on any atom is -0.496 e. The Morgan fingerprint density at radius 1 is 1.00 bits per heavy atom. The lowest BCUT2D eigenvalue weighted by Gasteiger charge is -2.11. The van der Waals surface area contributed by atoms with Crippen LogP contribution in [0.15, 0.2) is 12.1 Å². The SMILES string of the molecule is COc1c(C)cc(CCCCCC(C)C)cc1C. The first-order valence-corrected chi connectivity index (χ1v) is 7.18. The number of rotatable bonds is 7. The average molecular weight is 248 g/mol. The first-order valence-electron chi connectivity index (χ1n) is 7.18. The second-order valence-electron chi connectivity index (χ2n) is 5.76. The van der Waals surface area contributed by atoms with E-state index in [4.69, 9.17) is 4.74 Å². The molecule has 0 aromatic heterocycles. The van der Waals surface area contributed by atoms with Gasteiger partial charge in [-0.3, -0.25) is 0 Å². The number of hydrogen-bond acceptors (Lipinski definition) is 1. The maximum atomic E-state index is 5.40. The van der Waals surface area contributed by atoms with Gasteiger partial charge in [-0.1, -0.05) is 45.2 Å². The fraction of sp³-hybridized carbons (Fsp3) is 0.647. The molecule has 0 fully saturated rings. The summed E-state index contributed by atoms with van der Waals surface area (Å²) in [5.41, 5.74) is 3.97. The summed E-state index contributed by atoms with van der Waals surface area (Å²) < 4.78 is 5.40. The van der Waals surface area contributed by atoms with Crippen LogP contribution in [0.3, 0.4) is 0 Å². The maximum absolute atomic E-state index is 5.40. The number of ether oxygens (including phenoxy) is 1. The van der Waals surface area contributed by atoms with Crippen molar-refractivity contribution in [2.75, 3.05) is 7.11 Å². The van der Waals surface area contributed by atoms with Crippen LogP contribution in [0.1, 0.15) is 56.2 Å². The molecule has 0 spiro atoms. The number of hydrogen-bond donors (Lipinski definition) is 0. The van der Waals surface area contributed by atoms with Gasteiger partial charge in [0.15, 0.2) is 0 Å². The van der Waals surface area contributed by atoms with Gasteiger partial charge in [0.2, 0.25) is 0 Å². The van der Waals surface area contributed by atoms with Gasteiger partial charge < -0.3 is 4.74 Å². The van der Waals surface area contributed by atoms with Crippen molar-refractivity contribution in [1.29, 1.82) is 0 Å². The highest BCUT2D eigenvalue weighted by Gasteiger charge is 2.05. The fourth-order valence-electron chi connectivity index (χ4n) is 2.56. The van der Waals surface area contributed by atoms with Crippen LogP contribution in [-0.4, -0.2) is 7.11 Å². The summed E-state index contributed by atoms with van der Waals surface area (Å²) in [6.45, 7) is 8.87. The molecule has 1 nitrogen and oxygen atoms in total. The van der Waals surface area contributed by atoms with E-state index in [1.54, 1.807) is 7.11 Å². The Morgan fingerprint density at radius 2 is 1.61 bits per heavy atom. The molecular formula is C17H28O. The van der Waals surface area contributed by atoms with Crippen LogP contribution in [0.4, 0.5) is 0 Å². The molecule has 0 unspecified atom stereocenters. The van der Waals surface area contributed by atoms with E-state index in [0.29, 0.717) is 0 Å². The smallest absolute Gasteiger partial charge is 0.124 e. The number of benzene rings is 1. The molecule has 0 amide bonds. The van der Waals surface area contributed by atoms with Gasteiger partial charge in [-0.15, -0.1) is 0 Å². The van der Waals surface area contributed by atoms with Crippen molar-refractivity contribution in [3.63, 3.8) is 0 Å². The quantitative estimate of drug-likeness (QED) is 0.612. The van der Waals surface area contributed by atoms with E-state index in [2.05, 4.69) is 39.8 Å². The molecule has 0 N–H and O–H groups in total. The number of aryl methyl sites for hydroxylation is 3. The minimum absolute atomic E-state index is 0.843. The van der Waals surface area contributed by atoms with Crippen LogP contribution >= 0.6 is 0 Å². The Hall–Kier alpha value is -0.980. The zero-order valence-electron chi connectivity index (χ0n) is 12.7. The first kappa shape index (κ1) is 15.1. The van der Waals surface area contributed by atoms with E-state index in [1.165, 1.54) is 48.8 Å². The number of unbranched alkanes of at least 4 members (excludes halogenated alkanes) is 2. The Morgan fingerprint density at radius 3 is 2.11 bits per heavy atom. The third-order valence-electron chi connectivity index (χ3n) is 3.47. The largest absolute Gasteiger partial charge is 0.496 e. The van der Waals surface area contributed by atoms with Crippen molar-refractivity contribution in [1.82, 2.24) is 0 Å². The van der Waals surface area contributed by atoms with E-state index in [9.17, 15) is 0 Å². The van der Waals surface area contributed by atoms with Crippen molar-refractivity contribution >= 4 is 0 Å². The molecule has 0 aliphatic heterocycles. The summed E-state index contributed by atoms with van der Waals surface area (Å²) >= 11 is 0. The Balaban J connectivity index is 2.44. The van der Waals surface area contributed by atoms with Crippen LogP contribution in [-0.2, 0) is 6.42 Å². The van der Waals surface area contributed by atoms with Gasteiger partial charge in [0.25, 0.3) is 0 Å². The van der Waals surface area contributed by atoms with Crippen molar-refractivity contribution in [3.8, 4) is 5.75 Å². The summed E-state index contributed by atoms with van der Waals surface area (Å²) in [6.07, 6.45) is 6.58.